The summed E-state index contributed by atoms with van der Waals surface area (Å²) in [7, 11) is 3.11. The van der Waals surface area contributed by atoms with Gasteiger partial charge in [-0.25, -0.2) is 9.89 Å². The normalized spacial score (nSPS) is 10.7. The zero-order chi connectivity index (χ0) is 18.2. The summed E-state index contributed by atoms with van der Waals surface area (Å²) in [6, 6.07) is 4.96. The van der Waals surface area contributed by atoms with E-state index in [1.54, 1.807) is 25.3 Å². The molecule has 25 heavy (non-hydrogen) atoms. The van der Waals surface area contributed by atoms with Crippen LogP contribution in [0.3, 0.4) is 0 Å². The van der Waals surface area contributed by atoms with Crippen molar-refractivity contribution < 1.29 is 14.3 Å². The number of methoxy groups -OCH3 is 2. The number of aromatic nitrogens is 3. The van der Waals surface area contributed by atoms with Crippen molar-refractivity contribution in [2.75, 3.05) is 31.9 Å². The van der Waals surface area contributed by atoms with E-state index in [1.807, 2.05) is 0 Å². The largest absolute Gasteiger partial charge is 0.495 e. The Bertz CT molecular complexity index is 777. The lowest BCUT2D eigenvalue weighted by atomic mass is 10.3. The molecular weight excluding hydrogens is 368 g/mol. The number of carbonyl (C=O) groups excluding carboxylic acids is 1. The minimum Gasteiger partial charge on any atom is -0.495 e. The third-order valence-corrected chi connectivity index (χ3v) is 4.43. The number of aromatic amines is 1. The summed E-state index contributed by atoms with van der Waals surface area (Å²) in [5.74, 6) is 0.341. The number of nitrogens with one attached hydrogen (secondary N) is 2. The highest BCUT2D eigenvalue weighted by molar-refractivity contribution is 7.99. The number of ether oxygens (including phenoxy) is 2. The van der Waals surface area contributed by atoms with Gasteiger partial charge in [0.1, 0.15) is 5.75 Å². The van der Waals surface area contributed by atoms with Crippen LogP contribution in [-0.4, -0.2) is 47.3 Å². The number of hydrogen-bond acceptors (Lipinski definition) is 6. The molecule has 1 heterocycles. The maximum absolute atomic E-state index is 12.2. The molecule has 0 atom stereocenters. The minimum absolute atomic E-state index is 0.0875. The van der Waals surface area contributed by atoms with E-state index in [1.165, 1.54) is 11.7 Å². The fourth-order valence-electron chi connectivity index (χ4n) is 2.07. The van der Waals surface area contributed by atoms with Crippen LogP contribution in [0, 0.1) is 0 Å². The molecule has 0 saturated heterocycles. The molecule has 2 aromatic rings. The third-order valence-electron chi connectivity index (χ3n) is 3.22. The Hall–Kier alpha value is -1.97. The molecule has 0 bridgehead atoms. The van der Waals surface area contributed by atoms with E-state index in [0.29, 0.717) is 41.2 Å². The lowest BCUT2D eigenvalue weighted by Crippen LogP contribution is -2.19. The molecule has 0 spiro atoms. The number of rotatable bonds is 9. The average molecular weight is 387 g/mol. The maximum atomic E-state index is 12.2. The van der Waals surface area contributed by atoms with E-state index in [4.69, 9.17) is 21.1 Å². The van der Waals surface area contributed by atoms with Gasteiger partial charge in [0.15, 0.2) is 5.16 Å². The molecule has 1 amide bonds. The first-order valence-corrected chi connectivity index (χ1v) is 8.82. The molecule has 8 nitrogen and oxygen atoms in total. The van der Waals surface area contributed by atoms with Crippen LogP contribution in [0.1, 0.15) is 6.42 Å². The highest BCUT2D eigenvalue weighted by Crippen LogP contribution is 2.28. The lowest BCUT2D eigenvalue weighted by Gasteiger charge is -2.10. The van der Waals surface area contributed by atoms with E-state index in [9.17, 15) is 9.59 Å². The van der Waals surface area contributed by atoms with Gasteiger partial charge < -0.3 is 14.8 Å². The van der Waals surface area contributed by atoms with E-state index in [2.05, 4.69) is 15.5 Å². The Kier molecular flexibility index (Phi) is 7.35. The Morgan fingerprint density at radius 3 is 2.96 bits per heavy atom. The van der Waals surface area contributed by atoms with Crippen molar-refractivity contribution in [3.63, 3.8) is 0 Å². The molecule has 0 aliphatic rings. The first-order valence-electron chi connectivity index (χ1n) is 7.45. The van der Waals surface area contributed by atoms with Crippen LogP contribution >= 0.6 is 23.4 Å². The number of nitrogens with zero attached hydrogens (tertiary/aromatic N) is 2. The fourth-order valence-corrected chi connectivity index (χ4v) is 3.02. The van der Waals surface area contributed by atoms with Gasteiger partial charge in [-0.05, 0) is 24.6 Å². The summed E-state index contributed by atoms with van der Waals surface area (Å²) >= 11 is 7.10. The standard InChI is InChI=1S/C15H19ClN4O4S/c1-23-7-3-6-20-14(22)18-19-15(20)25-9-13(21)17-11-8-10(16)4-5-12(11)24-2/h4-5,8H,3,6-7,9H2,1-2H3,(H,17,21)(H,18,22). The molecule has 136 valence electrons. The van der Waals surface area contributed by atoms with Crippen LogP contribution in [0.15, 0.2) is 28.2 Å². The van der Waals surface area contributed by atoms with E-state index >= 15 is 0 Å². The predicted molar refractivity (Wildman–Crippen MR) is 96.7 cm³/mol. The zero-order valence-electron chi connectivity index (χ0n) is 13.9. The van der Waals surface area contributed by atoms with Crippen molar-refractivity contribution in [3.05, 3.63) is 33.7 Å². The summed E-state index contributed by atoms with van der Waals surface area (Å²) in [6.45, 7) is 1.01. The number of anilines is 1. The van der Waals surface area contributed by atoms with Crippen LogP contribution < -0.4 is 15.7 Å². The third kappa shape index (κ3) is 5.52. The zero-order valence-corrected chi connectivity index (χ0v) is 15.4. The maximum Gasteiger partial charge on any atom is 0.343 e. The Morgan fingerprint density at radius 2 is 2.24 bits per heavy atom. The summed E-state index contributed by atoms with van der Waals surface area (Å²) in [4.78, 5) is 23.9. The van der Waals surface area contributed by atoms with Gasteiger partial charge in [0, 0.05) is 25.3 Å². The summed E-state index contributed by atoms with van der Waals surface area (Å²) in [6.07, 6.45) is 0.676. The predicted octanol–water partition coefficient (Wildman–Crippen LogP) is 2.00. The van der Waals surface area contributed by atoms with E-state index in [-0.39, 0.29) is 17.3 Å². The number of halogens is 1. The first kappa shape index (κ1) is 19.4. The number of hydrogen-bond donors (Lipinski definition) is 2. The molecule has 1 aromatic heterocycles. The minimum atomic E-state index is -0.310. The summed E-state index contributed by atoms with van der Waals surface area (Å²) in [5.41, 5.74) is 0.177. The van der Waals surface area contributed by atoms with E-state index < -0.39 is 0 Å². The molecule has 0 saturated carbocycles. The molecule has 10 heteroatoms. The number of carbonyl (C=O) groups is 1. The molecule has 0 aliphatic carbocycles. The smallest absolute Gasteiger partial charge is 0.343 e. The highest BCUT2D eigenvalue weighted by atomic mass is 35.5. The van der Waals surface area contributed by atoms with E-state index in [0.717, 1.165) is 11.8 Å². The monoisotopic (exact) mass is 386 g/mol. The first-order chi connectivity index (χ1) is 12.0. The second-order valence-electron chi connectivity index (χ2n) is 4.99. The van der Waals surface area contributed by atoms with Crippen LogP contribution in [-0.2, 0) is 16.1 Å². The SMILES string of the molecule is COCCCn1c(SCC(=O)Nc2cc(Cl)ccc2OC)n[nH]c1=O. The molecule has 0 unspecified atom stereocenters. The summed E-state index contributed by atoms with van der Waals surface area (Å²) in [5, 5.41) is 10.0. The molecule has 0 fully saturated rings. The lowest BCUT2D eigenvalue weighted by molar-refractivity contribution is -0.113. The van der Waals surface area contributed by atoms with Crippen molar-refractivity contribution in [1.29, 1.82) is 0 Å². The van der Waals surface area contributed by atoms with Gasteiger partial charge in [-0.3, -0.25) is 9.36 Å². The van der Waals surface area contributed by atoms with Gasteiger partial charge in [0.25, 0.3) is 0 Å². The van der Waals surface area contributed by atoms with Crippen molar-refractivity contribution in [1.82, 2.24) is 14.8 Å². The Morgan fingerprint density at radius 1 is 1.44 bits per heavy atom. The van der Waals surface area contributed by atoms with Crippen molar-refractivity contribution in [2.24, 2.45) is 0 Å². The van der Waals surface area contributed by atoms with Gasteiger partial charge in [-0.2, -0.15) is 0 Å². The number of benzene rings is 1. The number of thioether (sulfide) groups is 1. The second-order valence-corrected chi connectivity index (χ2v) is 6.37. The van der Waals surface area contributed by atoms with Crippen molar-refractivity contribution in [2.45, 2.75) is 18.1 Å². The topological polar surface area (TPSA) is 98.2 Å². The van der Waals surface area contributed by atoms with Gasteiger partial charge in [0.2, 0.25) is 5.91 Å². The number of amides is 1. The quantitative estimate of drug-likeness (QED) is 0.505. The van der Waals surface area contributed by atoms with Gasteiger partial charge in [0.05, 0.1) is 18.6 Å². The second kappa shape index (κ2) is 9.50. The average Bonchev–Trinajstić information content (AvgIpc) is 2.94. The van der Waals surface area contributed by atoms with Crippen molar-refractivity contribution in [3.8, 4) is 5.75 Å². The fraction of sp³-hybridized carbons (Fsp3) is 0.400. The van der Waals surface area contributed by atoms with Crippen molar-refractivity contribution >= 4 is 35.0 Å². The van der Waals surface area contributed by atoms with Crippen LogP contribution in [0.5, 0.6) is 5.75 Å². The van der Waals surface area contributed by atoms with Crippen LogP contribution in [0.4, 0.5) is 5.69 Å². The van der Waals surface area contributed by atoms with Gasteiger partial charge in [-0.15, -0.1) is 5.10 Å². The summed E-state index contributed by atoms with van der Waals surface area (Å²) < 4.78 is 11.6. The van der Waals surface area contributed by atoms with Crippen LogP contribution in [0.25, 0.3) is 0 Å². The molecule has 1 aromatic carbocycles. The molecule has 0 aliphatic heterocycles. The highest BCUT2D eigenvalue weighted by Gasteiger charge is 2.13. The molecule has 0 radical (unpaired) electrons. The van der Waals surface area contributed by atoms with Crippen LogP contribution in [0.2, 0.25) is 5.02 Å². The number of H-pyrrole nitrogens is 1. The Labute approximate surface area is 153 Å². The molecular formula is C15H19ClN4O4S. The molecule has 2 N–H and O–H groups in total. The Balaban J connectivity index is 1.97. The van der Waals surface area contributed by atoms with Gasteiger partial charge in [-0.1, -0.05) is 23.4 Å². The molecule has 2 rings (SSSR count). The van der Waals surface area contributed by atoms with Gasteiger partial charge >= 0.3 is 5.69 Å².